The van der Waals surface area contributed by atoms with E-state index >= 15 is 0 Å². The van der Waals surface area contributed by atoms with Crippen LogP contribution >= 0.6 is 0 Å². The van der Waals surface area contributed by atoms with Gasteiger partial charge >= 0.3 is 22.3 Å². The number of amides is 1. The van der Waals surface area contributed by atoms with Gasteiger partial charge in [-0.2, -0.15) is 12.7 Å². The molecule has 104 valence electrons. The molecule has 0 heterocycles. The minimum Gasteiger partial charge on any atom is -0.480 e. The van der Waals surface area contributed by atoms with Crippen molar-refractivity contribution in [2.24, 2.45) is 0 Å². The van der Waals surface area contributed by atoms with Gasteiger partial charge in [0.25, 0.3) is 0 Å². The quantitative estimate of drug-likeness (QED) is 0.728. The monoisotopic (exact) mass is 280 g/mol. The molecular formula is C9H16N2O6S. The van der Waals surface area contributed by atoms with Gasteiger partial charge in [0.15, 0.2) is 0 Å². The zero-order valence-corrected chi connectivity index (χ0v) is 10.8. The number of nitrogens with zero attached hydrogens (tertiary/aromatic N) is 1. The average Bonchev–Trinajstić information content (AvgIpc) is 2.77. The lowest BCUT2D eigenvalue weighted by Gasteiger charge is -2.25. The van der Waals surface area contributed by atoms with E-state index in [4.69, 9.17) is 5.11 Å². The van der Waals surface area contributed by atoms with Crippen molar-refractivity contribution in [3.8, 4) is 0 Å². The van der Waals surface area contributed by atoms with Gasteiger partial charge in [-0.3, -0.25) is 4.79 Å². The highest BCUT2D eigenvalue weighted by Crippen LogP contribution is 2.25. The highest BCUT2D eigenvalue weighted by atomic mass is 32.2. The van der Waals surface area contributed by atoms with E-state index in [1.54, 1.807) is 4.72 Å². The average molecular weight is 280 g/mol. The number of methoxy groups -OCH3 is 1. The maximum Gasteiger partial charge on any atom is 0.421 e. The minimum absolute atomic E-state index is 0.386. The molecule has 0 aromatic rings. The van der Waals surface area contributed by atoms with E-state index in [9.17, 15) is 18.0 Å². The van der Waals surface area contributed by atoms with Gasteiger partial charge in [-0.15, -0.1) is 0 Å². The predicted molar refractivity (Wildman–Crippen MR) is 61.1 cm³/mol. The number of carboxylic acids is 1. The Morgan fingerprint density at radius 1 is 1.39 bits per heavy atom. The van der Waals surface area contributed by atoms with Crippen molar-refractivity contribution in [1.29, 1.82) is 0 Å². The number of rotatable bonds is 5. The van der Waals surface area contributed by atoms with Crippen molar-refractivity contribution in [2.75, 3.05) is 13.7 Å². The number of carbonyl (C=O) groups excluding carboxylic acids is 1. The second-order valence-corrected chi connectivity index (χ2v) is 5.60. The molecule has 1 saturated carbocycles. The van der Waals surface area contributed by atoms with Crippen molar-refractivity contribution < 1.29 is 27.9 Å². The van der Waals surface area contributed by atoms with E-state index in [-0.39, 0.29) is 6.04 Å². The molecule has 0 aromatic carbocycles. The maximum absolute atomic E-state index is 11.9. The van der Waals surface area contributed by atoms with Crippen molar-refractivity contribution in [3.63, 3.8) is 0 Å². The lowest BCUT2D eigenvalue weighted by Crippen LogP contribution is -2.49. The summed E-state index contributed by atoms with van der Waals surface area (Å²) in [6.45, 7) is -0.670. The molecule has 1 fully saturated rings. The molecule has 0 unspecified atom stereocenters. The number of hydrogen-bond donors (Lipinski definition) is 2. The van der Waals surface area contributed by atoms with E-state index in [2.05, 4.69) is 4.74 Å². The summed E-state index contributed by atoms with van der Waals surface area (Å²) in [5, 5.41) is 8.75. The van der Waals surface area contributed by atoms with E-state index < -0.39 is 28.8 Å². The van der Waals surface area contributed by atoms with E-state index in [1.807, 2.05) is 0 Å². The normalized spacial score (nSPS) is 16.8. The van der Waals surface area contributed by atoms with Gasteiger partial charge in [-0.05, 0) is 12.8 Å². The van der Waals surface area contributed by atoms with Crippen LogP contribution in [0.1, 0.15) is 25.7 Å². The first-order chi connectivity index (χ1) is 8.36. The molecule has 0 atom stereocenters. The maximum atomic E-state index is 11.9. The Labute approximate surface area is 105 Å². The second kappa shape index (κ2) is 6.01. The molecule has 0 aromatic heterocycles. The summed E-state index contributed by atoms with van der Waals surface area (Å²) in [6, 6.07) is -0.386. The summed E-state index contributed by atoms with van der Waals surface area (Å²) in [5.74, 6) is -1.27. The summed E-state index contributed by atoms with van der Waals surface area (Å²) < 4.78 is 30.4. The second-order valence-electron chi connectivity index (χ2n) is 3.98. The van der Waals surface area contributed by atoms with Gasteiger partial charge < -0.3 is 9.84 Å². The zero-order chi connectivity index (χ0) is 13.8. The Hall–Kier alpha value is -1.35. The number of hydrogen-bond acceptors (Lipinski definition) is 5. The van der Waals surface area contributed by atoms with Crippen LogP contribution in [-0.4, -0.2) is 49.6 Å². The summed E-state index contributed by atoms with van der Waals surface area (Å²) in [7, 11) is -3.15. The zero-order valence-electron chi connectivity index (χ0n) is 9.96. The van der Waals surface area contributed by atoms with Gasteiger partial charge in [0, 0.05) is 6.04 Å². The first-order valence-corrected chi connectivity index (χ1v) is 6.90. The van der Waals surface area contributed by atoms with Gasteiger partial charge in [0.1, 0.15) is 6.54 Å². The lowest BCUT2D eigenvalue weighted by atomic mass is 10.2. The fourth-order valence-electron chi connectivity index (χ4n) is 1.94. The summed E-state index contributed by atoms with van der Waals surface area (Å²) in [5.41, 5.74) is 0. The molecule has 1 rings (SSSR count). The van der Waals surface area contributed by atoms with Crippen molar-refractivity contribution >= 4 is 22.3 Å². The molecule has 1 amide bonds. The number of nitrogens with one attached hydrogen (secondary N) is 1. The highest BCUT2D eigenvalue weighted by molar-refractivity contribution is 7.87. The van der Waals surface area contributed by atoms with Crippen LogP contribution in [0.25, 0.3) is 0 Å². The summed E-state index contributed by atoms with van der Waals surface area (Å²) in [6.07, 6.45) is 1.73. The number of carboxylic acid groups (broad SMARTS) is 1. The third-order valence-corrected chi connectivity index (χ3v) is 4.20. The molecule has 0 bridgehead atoms. The predicted octanol–water partition coefficient (Wildman–Crippen LogP) is -0.0836. The van der Waals surface area contributed by atoms with Gasteiger partial charge in [-0.25, -0.2) is 9.52 Å². The molecule has 0 saturated heterocycles. The molecule has 0 spiro atoms. The first kappa shape index (κ1) is 14.7. The van der Waals surface area contributed by atoms with Crippen LogP contribution in [0.15, 0.2) is 0 Å². The van der Waals surface area contributed by atoms with Crippen LogP contribution in [0, 0.1) is 0 Å². The standard InChI is InChI=1S/C9H16N2O6S/c1-17-9(14)10-18(15,16)11(6-8(12)13)7-4-2-3-5-7/h7H,2-6H2,1H3,(H,10,14)(H,12,13). The summed E-state index contributed by atoms with van der Waals surface area (Å²) in [4.78, 5) is 21.7. The molecule has 8 nitrogen and oxygen atoms in total. The fraction of sp³-hybridized carbons (Fsp3) is 0.778. The number of ether oxygens (including phenoxy) is 1. The molecule has 0 aliphatic heterocycles. The van der Waals surface area contributed by atoms with Crippen LogP contribution in [-0.2, 0) is 19.7 Å². The van der Waals surface area contributed by atoms with Crippen molar-refractivity contribution in [3.05, 3.63) is 0 Å². The fourth-order valence-corrected chi connectivity index (χ4v) is 3.24. The van der Waals surface area contributed by atoms with Crippen LogP contribution in [0.4, 0.5) is 4.79 Å². The molecule has 1 aliphatic rings. The first-order valence-electron chi connectivity index (χ1n) is 5.46. The van der Waals surface area contributed by atoms with Crippen LogP contribution in [0.2, 0.25) is 0 Å². The molecular weight excluding hydrogens is 264 g/mol. The highest BCUT2D eigenvalue weighted by Gasteiger charge is 2.34. The van der Waals surface area contributed by atoms with E-state index in [0.29, 0.717) is 12.8 Å². The Balaban J connectivity index is 2.86. The largest absolute Gasteiger partial charge is 0.480 e. The van der Waals surface area contributed by atoms with E-state index in [1.165, 1.54) is 0 Å². The van der Waals surface area contributed by atoms with Crippen molar-refractivity contribution in [1.82, 2.24) is 9.03 Å². The molecule has 1 aliphatic carbocycles. The summed E-state index contributed by atoms with van der Waals surface area (Å²) >= 11 is 0. The van der Waals surface area contributed by atoms with Gasteiger partial charge in [0.2, 0.25) is 0 Å². The van der Waals surface area contributed by atoms with Gasteiger partial charge in [-0.1, -0.05) is 12.8 Å². The Kier molecular flexibility index (Phi) is 4.91. The minimum atomic E-state index is -4.18. The lowest BCUT2D eigenvalue weighted by molar-refractivity contribution is -0.137. The smallest absolute Gasteiger partial charge is 0.421 e. The van der Waals surface area contributed by atoms with Crippen molar-refractivity contribution in [2.45, 2.75) is 31.7 Å². The third kappa shape index (κ3) is 3.84. The molecule has 18 heavy (non-hydrogen) atoms. The molecule has 2 N–H and O–H groups in total. The van der Waals surface area contributed by atoms with Crippen LogP contribution < -0.4 is 4.72 Å². The topological polar surface area (TPSA) is 113 Å². The third-order valence-electron chi connectivity index (χ3n) is 2.73. The molecule has 0 radical (unpaired) electrons. The van der Waals surface area contributed by atoms with Gasteiger partial charge in [0.05, 0.1) is 7.11 Å². The SMILES string of the molecule is COC(=O)NS(=O)(=O)N(CC(=O)O)C1CCCC1. The van der Waals surface area contributed by atoms with E-state index in [0.717, 1.165) is 24.3 Å². The molecule has 9 heteroatoms. The van der Waals surface area contributed by atoms with Crippen LogP contribution in [0.3, 0.4) is 0 Å². The van der Waals surface area contributed by atoms with Crippen LogP contribution in [0.5, 0.6) is 0 Å². The Morgan fingerprint density at radius 3 is 2.39 bits per heavy atom. The Bertz CT molecular complexity index is 415. The number of aliphatic carboxylic acids is 1. The Morgan fingerprint density at radius 2 is 1.94 bits per heavy atom. The number of carbonyl (C=O) groups is 2.